The normalized spacial score (nSPS) is 13.2. The molecule has 0 aliphatic heterocycles. The number of carboxylic acids is 1. The first-order chi connectivity index (χ1) is 10.4. The lowest BCUT2D eigenvalue weighted by atomic mass is 10.0. The van der Waals surface area contributed by atoms with E-state index in [2.05, 4.69) is 10.6 Å². The maximum atomic E-state index is 12.1. The number of aliphatic carboxylic acids is 1. The van der Waals surface area contributed by atoms with Crippen molar-refractivity contribution in [3.8, 4) is 0 Å². The number of amides is 1. The van der Waals surface area contributed by atoms with E-state index >= 15 is 0 Å². The Hall–Kier alpha value is -2.25. The second-order valence-corrected chi connectivity index (χ2v) is 4.91. The predicted molar refractivity (Wildman–Crippen MR) is 81.2 cm³/mol. The van der Waals surface area contributed by atoms with Crippen LogP contribution in [0.2, 0.25) is 0 Å². The number of carbonyl (C=O) groups is 3. The van der Waals surface area contributed by atoms with Crippen LogP contribution in [0.3, 0.4) is 0 Å². The second-order valence-electron chi connectivity index (χ2n) is 4.91. The zero-order valence-electron chi connectivity index (χ0n) is 12.4. The molecule has 0 aromatic heterocycles. The Morgan fingerprint density at radius 1 is 1.23 bits per heavy atom. The van der Waals surface area contributed by atoms with E-state index in [1.165, 1.54) is 0 Å². The van der Waals surface area contributed by atoms with Crippen LogP contribution < -0.4 is 16.4 Å². The summed E-state index contributed by atoms with van der Waals surface area (Å²) >= 11 is 0. The molecule has 120 valence electrons. The van der Waals surface area contributed by atoms with Crippen molar-refractivity contribution in [2.45, 2.75) is 25.4 Å². The van der Waals surface area contributed by atoms with E-state index in [1.807, 2.05) is 30.3 Å². The Kier molecular flexibility index (Phi) is 7.21. The van der Waals surface area contributed by atoms with Crippen LogP contribution in [0.5, 0.6) is 0 Å². The molecule has 2 atom stereocenters. The topological polar surface area (TPSA) is 122 Å². The third kappa shape index (κ3) is 6.02. The number of rotatable bonds is 9. The van der Waals surface area contributed by atoms with Crippen molar-refractivity contribution in [1.82, 2.24) is 10.6 Å². The van der Waals surface area contributed by atoms with Gasteiger partial charge < -0.3 is 16.2 Å². The van der Waals surface area contributed by atoms with Gasteiger partial charge in [0, 0.05) is 0 Å². The molecule has 1 aromatic carbocycles. The van der Waals surface area contributed by atoms with Gasteiger partial charge in [0.05, 0.1) is 18.6 Å². The van der Waals surface area contributed by atoms with Crippen LogP contribution in [-0.2, 0) is 20.8 Å². The minimum absolute atomic E-state index is 0.122. The number of nitrogens with one attached hydrogen (secondary N) is 2. The van der Waals surface area contributed by atoms with Crippen molar-refractivity contribution in [3.63, 3.8) is 0 Å². The van der Waals surface area contributed by atoms with Crippen LogP contribution in [0.25, 0.3) is 0 Å². The van der Waals surface area contributed by atoms with E-state index < -0.39 is 30.5 Å². The van der Waals surface area contributed by atoms with Gasteiger partial charge in [0.25, 0.3) is 0 Å². The number of carbonyl (C=O) groups excluding carboxylic acids is 2. The minimum Gasteiger partial charge on any atom is -0.480 e. The summed E-state index contributed by atoms with van der Waals surface area (Å²) in [4.78, 5) is 34.2. The molecule has 0 fully saturated rings. The van der Waals surface area contributed by atoms with E-state index in [1.54, 1.807) is 6.92 Å². The van der Waals surface area contributed by atoms with Crippen LogP contribution in [0.15, 0.2) is 30.3 Å². The Balaban J connectivity index is 2.77. The molecule has 7 nitrogen and oxygen atoms in total. The van der Waals surface area contributed by atoms with Gasteiger partial charge in [-0.1, -0.05) is 30.3 Å². The number of hydrogen-bond acceptors (Lipinski definition) is 5. The SMILES string of the molecule is CC(NC(Cc1ccccc1)C(=O)NCC(=O)O)C(=O)CN. The molecule has 0 aliphatic rings. The summed E-state index contributed by atoms with van der Waals surface area (Å²) in [7, 11) is 0. The number of ketones is 1. The van der Waals surface area contributed by atoms with E-state index in [0.717, 1.165) is 5.56 Å². The fourth-order valence-electron chi connectivity index (χ4n) is 1.93. The summed E-state index contributed by atoms with van der Waals surface area (Å²) in [5.41, 5.74) is 6.21. The summed E-state index contributed by atoms with van der Waals surface area (Å²) in [6.07, 6.45) is 0.342. The van der Waals surface area contributed by atoms with Crippen molar-refractivity contribution in [1.29, 1.82) is 0 Å². The van der Waals surface area contributed by atoms with Gasteiger partial charge in [0.15, 0.2) is 5.78 Å². The van der Waals surface area contributed by atoms with E-state index in [4.69, 9.17) is 10.8 Å². The van der Waals surface area contributed by atoms with Crippen molar-refractivity contribution in [3.05, 3.63) is 35.9 Å². The Bertz CT molecular complexity index is 519. The molecule has 2 unspecified atom stereocenters. The van der Waals surface area contributed by atoms with Crippen molar-refractivity contribution in [2.24, 2.45) is 5.73 Å². The molecule has 0 bridgehead atoms. The molecule has 5 N–H and O–H groups in total. The van der Waals surface area contributed by atoms with E-state index in [0.29, 0.717) is 6.42 Å². The summed E-state index contributed by atoms with van der Waals surface area (Å²) in [6.45, 7) is 1.03. The van der Waals surface area contributed by atoms with Crippen LogP contribution in [0, 0.1) is 0 Å². The van der Waals surface area contributed by atoms with Gasteiger partial charge >= 0.3 is 5.97 Å². The maximum Gasteiger partial charge on any atom is 0.322 e. The van der Waals surface area contributed by atoms with Crippen LogP contribution >= 0.6 is 0 Å². The van der Waals surface area contributed by atoms with Gasteiger partial charge in [0.2, 0.25) is 5.91 Å². The van der Waals surface area contributed by atoms with Crippen molar-refractivity contribution >= 4 is 17.7 Å². The third-order valence-electron chi connectivity index (χ3n) is 3.15. The highest BCUT2D eigenvalue weighted by Crippen LogP contribution is 2.04. The largest absolute Gasteiger partial charge is 0.480 e. The minimum atomic E-state index is -1.13. The van der Waals surface area contributed by atoms with Gasteiger partial charge in [-0.2, -0.15) is 0 Å². The average molecular weight is 307 g/mol. The molecule has 0 heterocycles. The number of nitrogens with two attached hydrogens (primary N) is 1. The van der Waals surface area contributed by atoms with Gasteiger partial charge in [-0.25, -0.2) is 0 Å². The van der Waals surface area contributed by atoms with Gasteiger partial charge in [-0.05, 0) is 18.9 Å². The molecule has 0 saturated heterocycles. The van der Waals surface area contributed by atoms with Gasteiger partial charge in [-0.3, -0.25) is 19.7 Å². The lowest BCUT2D eigenvalue weighted by molar-refractivity contribution is -0.138. The Morgan fingerprint density at radius 3 is 2.41 bits per heavy atom. The number of benzene rings is 1. The number of Topliss-reactive ketones (excluding diaryl/α,β-unsaturated/α-hetero) is 1. The zero-order valence-corrected chi connectivity index (χ0v) is 12.4. The number of carboxylic acid groups (broad SMARTS) is 1. The van der Waals surface area contributed by atoms with Crippen LogP contribution in [0.1, 0.15) is 12.5 Å². The molecule has 0 aliphatic carbocycles. The predicted octanol–water partition coefficient (Wildman–Crippen LogP) is -0.696. The van der Waals surface area contributed by atoms with Crippen LogP contribution in [0.4, 0.5) is 0 Å². The first kappa shape index (κ1) is 17.8. The fraction of sp³-hybridized carbons (Fsp3) is 0.400. The highest BCUT2D eigenvalue weighted by atomic mass is 16.4. The highest BCUT2D eigenvalue weighted by Gasteiger charge is 2.23. The van der Waals surface area contributed by atoms with Crippen LogP contribution in [-0.4, -0.2) is 47.9 Å². The summed E-state index contributed by atoms with van der Waals surface area (Å²) < 4.78 is 0. The average Bonchev–Trinajstić information content (AvgIpc) is 2.51. The van der Waals surface area contributed by atoms with Crippen molar-refractivity contribution < 1.29 is 19.5 Å². The van der Waals surface area contributed by atoms with E-state index in [-0.39, 0.29) is 12.3 Å². The third-order valence-corrected chi connectivity index (χ3v) is 3.15. The standard InChI is InChI=1S/C15H21N3O4/c1-10(13(19)8-16)18-12(15(22)17-9-14(20)21)7-11-5-3-2-4-6-11/h2-6,10,12,18H,7-9,16H2,1H3,(H,17,22)(H,20,21). The molecule has 22 heavy (non-hydrogen) atoms. The molecule has 1 rings (SSSR count). The molecule has 0 saturated carbocycles. The highest BCUT2D eigenvalue weighted by molar-refractivity contribution is 5.88. The molecule has 1 aromatic rings. The molecule has 0 spiro atoms. The first-order valence-electron chi connectivity index (χ1n) is 6.96. The van der Waals surface area contributed by atoms with Crippen molar-refractivity contribution in [2.75, 3.05) is 13.1 Å². The smallest absolute Gasteiger partial charge is 0.322 e. The van der Waals surface area contributed by atoms with Gasteiger partial charge in [0.1, 0.15) is 6.54 Å². The fourth-order valence-corrected chi connectivity index (χ4v) is 1.93. The monoisotopic (exact) mass is 307 g/mol. The Labute approximate surface area is 128 Å². The summed E-state index contributed by atoms with van der Waals surface area (Å²) in [5.74, 6) is -1.81. The molecular weight excluding hydrogens is 286 g/mol. The van der Waals surface area contributed by atoms with E-state index in [9.17, 15) is 14.4 Å². The first-order valence-corrected chi connectivity index (χ1v) is 6.96. The maximum absolute atomic E-state index is 12.1. The zero-order chi connectivity index (χ0) is 16.5. The molecule has 7 heteroatoms. The molecule has 1 amide bonds. The second kappa shape index (κ2) is 8.91. The summed E-state index contributed by atoms with van der Waals surface area (Å²) in [6, 6.07) is 7.95. The number of hydrogen-bond donors (Lipinski definition) is 4. The molecule has 0 radical (unpaired) electrons. The Morgan fingerprint density at radius 2 is 1.86 bits per heavy atom. The molecular formula is C15H21N3O4. The lowest BCUT2D eigenvalue weighted by Crippen LogP contribution is -2.52. The lowest BCUT2D eigenvalue weighted by Gasteiger charge is -2.21. The quantitative estimate of drug-likeness (QED) is 0.479. The van der Waals surface area contributed by atoms with Gasteiger partial charge in [-0.15, -0.1) is 0 Å². The summed E-state index contributed by atoms with van der Waals surface area (Å²) in [5, 5.41) is 13.9.